The molecule has 0 aliphatic rings. The van der Waals surface area contributed by atoms with Gasteiger partial charge in [0.15, 0.2) is 10.4 Å². The van der Waals surface area contributed by atoms with Crippen LogP contribution >= 0.6 is 12.2 Å². The first-order valence-electron chi connectivity index (χ1n) is 4.95. The molecule has 0 saturated heterocycles. The van der Waals surface area contributed by atoms with Crippen molar-refractivity contribution >= 4 is 23.4 Å². The van der Waals surface area contributed by atoms with Gasteiger partial charge in [0.25, 0.3) is 0 Å². The third-order valence-electron chi connectivity index (χ3n) is 2.44. The maximum Gasteiger partial charge on any atom is 0.179 e. The molecular formula is C10H14N4S. The molecule has 5 heteroatoms. The summed E-state index contributed by atoms with van der Waals surface area (Å²) in [6.07, 6.45) is 1.84. The molecule has 0 saturated carbocycles. The van der Waals surface area contributed by atoms with E-state index in [0.717, 1.165) is 28.2 Å². The Kier molecular flexibility index (Phi) is 2.48. The maximum atomic E-state index is 5.26. The quantitative estimate of drug-likeness (QED) is 0.639. The third-order valence-corrected chi connectivity index (χ3v) is 2.77. The van der Waals surface area contributed by atoms with Crippen LogP contribution in [0.3, 0.4) is 0 Å². The number of hydrogen-bond donors (Lipinski definition) is 1. The molecule has 0 bridgehead atoms. The molecule has 1 N–H and O–H groups in total. The highest BCUT2D eigenvalue weighted by molar-refractivity contribution is 7.71. The van der Waals surface area contributed by atoms with Crippen LogP contribution in [0.2, 0.25) is 0 Å². The van der Waals surface area contributed by atoms with Crippen LogP contribution in [0.4, 0.5) is 0 Å². The van der Waals surface area contributed by atoms with E-state index in [-0.39, 0.29) is 0 Å². The normalized spacial score (nSPS) is 11.1. The van der Waals surface area contributed by atoms with E-state index >= 15 is 0 Å². The molecule has 0 aliphatic heterocycles. The molecule has 4 nitrogen and oxygen atoms in total. The van der Waals surface area contributed by atoms with Crippen molar-refractivity contribution in [2.75, 3.05) is 0 Å². The van der Waals surface area contributed by atoms with Crippen LogP contribution in [0, 0.1) is 11.7 Å². The lowest BCUT2D eigenvalue weighted by molar-refractivity contribution is 0.646. The zero-order chi connectivity index (χ0) is 11.0. The minimum Gasteiger partial charge on any atom is -0.328 e. The standard InChI is InChI=1S/C10H14N4S/c1-4-6-13-9-8(11-10(13)15)7(3)12-14(9)5-2/h4H,1,5-6H2,2-3H3,(H,11,15). The van der Waals surface area contributed by atoms with Crippen molar-refractivity contribution in [1.29, 1.82) is 0 Å². The first kappa shape index (κ1) is 10.2. The Morgan fingerprint density at radius 2 is 2.33 bits per heavy atom. The summed E-state index contributed by atoms with van der Waals surface area (Å²) in [5.74, 6) is 0. The average Bonchev–Trinajstić information content (AvgIpc) is 2.68. The molecule has 0 aromatic carbocycles. The number of allylic oxidation sites excluding steroid dienone is 1. The minimum absolute atomic E-state index is 0.712. The summed E-state index contributed by atoms with van der Waals surface area (Å²) in [4.78, 5) is 3.18. The van der Waals surface area contributed by atoms with Gasteiger partial charge in [-0.05, 0) is 26.1 Å². The molecule has 15 heavy (non-hydrogen) atoms. The van der Waals surface area contributed by atoms with E-state index in [1.807, 2.05) is 22.2 Å². The van der Waals surface area contributed by atoms with Crippen molar-refractivity contribution in [3.8, 4) is 0 Å². The Morgan fingerprint density at radius 1 is 1.60 bits per heavy atom. The SMILES string of the molecule is C=CCn1c(=S)[nH]c2c(C)nn(CC)c21. The summed E-state index contributed by atoms with van der Waals surface area (Å²) >= 11 is 5.26. The second kappa shape index (κ2) is 3.66. The number of nitrogens with zero attached hydrogens (tertiary/aromatic N) is 3. The fraction of sp³-hybridized carbons (Fsp3) is 0.400. The molecular weight excluding hydrogens is 208 g/mol. The van der Waals surface area contributed by atoms with E-state index in [1.54, 1.807) is 0 Å². The number of aromatic nitrogens is 4. The first-order valence-corrected chi connectivity index (χ1v) is 5.36. The van der Waals surface area contributed by atoms with Gasteiger partial charge in [-0.2, -0.15) is 5.10 Å². The Morgan fingerprint density at radius 3 is 2.93 bits per heavy atom. The van der Waals surface area contributed by atoms with Crippen LogP contribution in [-0.4, -0.2) is 19.3 Å². The minimum atomic E-state index is 0.712. The Labute approximate surface area is 93.2 Å². The van der Waals surface area contributed by atoms with Gasteiger partial charge in [-0.1, -0.05) is 6.08 Å². The van der Waals surface area contributed by atoms with Crippen LogP contribution in [0.25, 0.3) is 11.2 Å². The van der Waals surface area contributed by atoms with Crippen LogP contribution in [0.5, 0.6) is 0 Å². The van der Waals surface area contributed by atoms with Crippen molar-refractivity contribution in [2.45, 2.75) is 26.9 Å². The molecule has 2 aromatic rings. The topological polar surface area (TPSA) is 38.5 Å². The van der Waals surface area contributed by atoms with Gasteiger partial charge in [0.05, 0.1) is 5.69 Å². The highest BCUT2D eigenvalue weighted by Crippen LogP contribution is 2.17. The van der Waals surface area contributed by atoms with Crippen LogP contribution in [-0.2, 0) is 13.1 Å². The molecule has 2 rings (SSSR count). The highest BCUT2D eigenvalue weighted by Gasteiger charge is 2.12. The largest absolute Gasteiger partial charge is 0.328 e. The van der Waals surface area contributed by atoms with Crippen LogP contribution in [0.15, 0.2) is 12.7 Å². The number of nitrogens with one attached hydrogen (secondary N) is 1. The summed E-state index contributed by atoms with van der Waals surface area (Å²) in [6.45, 7) is 9.34. The maximum absolute atomic E-state index is 5.26. The van der Waals surface area contributed by atoms with Crippen molar-refractivity contribution in [2.24, 2.45) is 0 Å². The molecule has 0 amide bonds. The number of rotatable bonds is 3. The lowest BCUT2D eigenvalue weighted by Crippen LogP contribution is -2.04. The second-order valence-corrected chi connectivity index (χ2v) is 3.82. The summed E-state index contributed by atoms with van der Waals surface area (Å²) in [6, 6.07) is 0. The molecule has 0 fully saturated rings. The average molecular weight is 222 g/mol. The van der Waals surface area contributed by atoms with E-state index in [2.05, 4.69) is 23.6 Å². The van der Waals surface area contributed by atoms with E-state index < -0.39 is 0 Å². The second-order valence-electron chi connectivity index (χ2n) is 3.43. The monoisotopic (exact) mass is 222 g/mol. The fourth-order valence-electron chi connectivity index (χ4n) is 1.78. The molecule has 0 unspecified atom stereocenters. The predicted molar refractivity (Wildman–Crippen MR) is 63.5 cm³/mol. The van der Waals surface area contributed by atoms with Crippen LogP contribution < -0.4 is 0 Å². The number of imidazole rings is 1. The molecule has 80 valence electrons. The van der Waals surface area contributed by atoms with Gasteiger partial charge in [0, 0.05) is 13.1 Å². The lowest BCUT2D eigenvalue weighted by Gasteiger charge is -2.02. The number of fused-ring (bicyclic) bond motifs is 1. The Balaban J connectivity index is 2.82. The molecule has 2 heterocycles. The van der Waals surface area contributed by atoms with Crippen molar-refractivity contribution in [1.82, 2.24) is 19.3 Å². The molecule has 0 aliphatic carbocycles. The molecule has 0 atom stereocenters. The number of hydrogen-bond acceptors (Lipinski definition) is 2. The van der Waals surface area contributed by atoms with E-state index in [1.165, 1.54) is 0 Å². The lowest BCUT2D eigenvalue weighted by atomic mass is 10.4. The zero-order valence-corrected chi connectivity index (χ0v) is 9.77. The van der Waals surface area contributed by atoms with E-state index in [4.69, 9.17) is 12.2 Å². The number of H-pyrrole nitrogens is 1. The smallest absolute Gasteiger partial charge is 0.179 e. The van der Waals surface area contributed by atoms with Gasteiger partial charge >= 0.3 is 0 Å². The van der Waals surface area contributed by atoms with Crippen molar-refractivity contribution < 1.29 is 0 Å². The predicted octanol–water partition coefficient (Wildman–Crippen LogP) is 2.41. The molecule has 2 aromatic heterocycles. The van der Waals surface area contributed by atoms with Crippen molar-refractivity contribution in [3.63, 3.8) is 0 Å². The Hall–Kier alpha value is -1.36. The number of aryl methyl sites for hydroxylation is 2. The first-order chi connectivity index (χ1) is 7.19. The van der Waals surface area contributed by atoms with Gasteiger partial charge in [0.2, 0.25) is 0 Å². The van der Waals surface area contributed by atoms with Crippen molar-refractivity contribution in [3.05, 3.63) is 23.1 Å². The molecule has 0 radical (unpaired) electrons. The summed E-state index contributed by atoms with van der Waals surface area (Å²) in [5, 5.41) is 4.44. The van der Waals surface area contributed by atoms with Gasteiger partial charge in [-0.25, -0.2) is 4.68 Å². The summed E-state index contributed by atoms with van der Waals surface area (Å²) in [7, 11) is 0. The van der Waals surface area contributed by atoms with Gasteiger partial charge in [-0.3, -0.25) is 4.57 Å². The van der Waals surface area contributed by atoms with Crippen LogP contribution in [0.1, 0.15) is 12.6 Å². The van der Waals surface area contributed by atoms with Gasteiger partial charge in [-0.15, -0.1) is 6.58 Å². The highest BCUT2D eigenvalue weighted by atomic mass is 32.1. The van der Waals surface area contributed by atoms with Gasteiger partial charge < -0.3 is 4.98 Å². The summed E-state index contributed by atoms with van der Waals surface area (Å²) in [5.41, 5.74) is 3.07. The Bertz CT molecular complexity index is 558. The van der Waals surface area contributed by atoms with E-state index in [0.29, 0.717) is 6.54 Å². The summed E-state index contributed by atoms with van der Waals surface area (Å²) < 4.78 is 4.70. The molecule has 0 spiro atoms. The fourth-order valence-corrected chi connectivity index (χ4v) is 2.04. The van der Waals surface area contributed by atoms with E-state index in [9.17, 15) is 0 Å². The number of aromatic amines is 1. The third kappa shape index (κ3) is 1.43. The zero-order valence-electron chi connectivity index (χ0n) is 8.95. The van der Waals surface area contributed by atoms with Gasteiger partial charge in [0.1, 0.15) is 5.52 Å².